The fourth-order valence-electron chi connectivity index (χ4n) is 4.19. The van der Waals surface area contributed by atoms with Gasteiger partial charge in [0.15, 0.2) is 0 Å². The van der Waals surface area contributed by atoms with E-state index >= 15 is 0 Å². The number of hydrogen-bond donors (Lipinski definition) is 0. The molecule has 2 fully saturated rings. The van der Waals surface area contributed by atoms with Crippen molar-refractivity contribution in [3.8, 4) is 0 Å². The minimum atomic E-state index is -0.166. The van der Waals surface area contributed by atoms with Crippen LogP contribution in [-0.2, 0) is 9.59 Å². The number of carbonyl (C=O) groups is 2. The van der Waals surface area contributed by atoms with Crippen molar-refractivity contribution in [1.82, 2.24) is 4.90 Å². The summed E-state index contributed by atoms with van der Waals surface area (Å²) in [5, 5.41) is 0. The van der Waals surface area contributed by atoms with Crippen LogP contribution in [-0.4, -0.2) is 16.7 Å². The predicted molar refractivity (Wildman–Crippen MR) is 74.4 cm³/mol. The Morgan fingerprint density at radius 1 is 1.00 bits per heavy atom. The average Bonchev–Trinajstić information content (AvgIpc) is 3.14. The second kappa shape index (κ2) is 4.05. The first kappa shape index (κ1) is 11.9. The van der Waals surface area contributed by atoms with E-state index in [9.17, 15) is 9.59 Å². The Morgan fingerprint density at radius 2 is 1.55 bits per heavy atom. The van der Waals surface area contributed by atoms with Crippen molar-refractivity contribution in [2.75, 3.05) is 0 Å². The van der Waals surface area contributed by atoms with Gasteiger partial charge in [-0.15, -0.1) is 0 Å². The van der Waals surface area contributed by atoms with Crippen LogP contribution in [0.25, 0.3) is 0 Å². The van der Waals surface area contributed by atoms with Gasteiger partial charge >= 0.3 is 0 Å². The van der Waals surface area contributed by atoms with Crippen LogP contribution in [0.3, 0.4) is 0 Å². The fraction of sp³-hybridized carbons (Fsp3) is 0.412. The Hall–Kier alpha value is -1.90. The van der Waals surface area contributed by atoms with E-state index in [4.69, 9.17) is 0 Å². The van der Waals surface area contributed by atoms with E-state index in [1.165, 1.54) is 4.90 Å². The standard InChI is InChI=1S/C17H17NO2/c1-10(11-5-3-2-4-6-11)18-16(19)14-12-7-8-13(9-12)15(14)17(18)20/h2-8,10,12-15H,9H2,1H3/t10-,12+,13+,14-,15-/m1/s1. The topological polar surface area (TPSA) is 37.4 Å². The van der Waals surface area contributed by atoms with Gasteiger partial charge in [0.25, 0.3) is 0 Å². The summed E-state index contributed by atoms with van der Waals surface area (Å²) in [7, 11) is 0. The van der Waals surface area contributed by atoms with Crippen molar-refractivity contribution >= 4 is 11.8 Å². The molecule has 1 aromatic rings. The highest BCUT2D eigenvalue weighted by Gasteiger charge is 2.60. The van der Waals surface area contributed by atoms with Crippen LogP contribution >= 0.6 is 0 Å². The maximum absolute atomic E-state index is 12.7. The molecule has 2 amide bonds. The molecule has 1 heterocycles. The zero-order chi connectivity index (χ0) is 13.9. The van der Waals surface area contributed by atoms with Gasteiger partial charge in [0.1, 0.15) is 0 Å². The van der Waals surface area contributed by atoms with Crippen molar-refractivity contribution in [1.29, 1.82) is 0 Å². The lowest BCUT2D eigenvalue weighted by Gasteiger charge is -2.24. The summed E-state index contributed by atoms with van der Waals surface area (Å²) in [6.07, 6.45) is 5.25. The van der Waals surface area contributed by atoms with E-state index in [-0.39, 0.29) is 41.5 Å². The zero-order valence-electron chi connectivity index (χ0n) is 11.4. The van der Waals surface area contributed by atoms with Crippen molar-refractivity contribution in [2.45, 2.75) is 19.4 Å². The highest BCUT2D eigenvalue weighted by atomic mass is 16.2. The van der Waals surface area contributed by atoms with Crippen LogP contribution in [0.5, 0.6) is 0 Å². The highest BCUT2D eigenvalue weighted by molar-refractivity contribution is 6.06. The second-order valence-electron chi connectivity index (χ2n) is 6.13. The zero-order valence-corrected chi connectivity index (χ0v) is 11.4. The van der Waals surface area contributed by atoms with Crippen LogP contribution in [0, 0.1) is 23.7 Å². The van der Waals surface area contributed by atoms with Crippen molar-refractivity contribution < 1.29 is 9.59 Å². The molecule has 0 spiro atoms. The lowest BCUT2D eigenvalue weighted by molar-refractivity contribution is -0.143. The third kappa shape index (κ3) is 1.41. The summed E-state index contributed by atoms with van der Waals surface area (Å²) in [4.78, 5) is 26.9. The Morgan fingerprint density at radius 3 is 2.10 bits per heavy atom. The van der Waals surface area contributed by atoms with Gasteiger partial charge in [0.05, 0.1) is 17.9 Å². The molecule has 0 N–H and O–H groups in total. The number of allylic oxidation sites excluding steroid dienone is 2. The van der Waals surface area contributed by atoms with Gasteiger partial charge in [-0.05, 0) is 30.7 Å². The maximum Gasteiger partial charge on any atom is 0.234 e. The van der Waals surface area contributed by atoms with Crippen molar-refractivity contribution in [3.05, 3.63) is 48.0 Å². The number of carbonyl (C=O) groups excluding carboxylic acids is 2. The summed E-state index contributed by atoms with van der Waals surface area (Å²) in [6.45, 7) is 1.95. The lowest BCUT2D eigenvalue weighted by atomic mass is 9.85. The number of benzene rings is 1. The van der Waals surface area contributed by atoms with E-state index in [0.29, 0.717) is 0 Å². The Labute approximate surface area is 118 Å². The second-order valence-corrected chi connectivity index (χ2v) is 6.13. The minimum Gasteiger partial charge on any atom is -0.275 e. The number of fused-ring (bicyclic) bond motifs is 5. The van der Waals surface area contributed by atoms with E-state index in [2.05, 4.69) is 12.2 Å². The van der Waals surface area contributed by atoms with Gasteiger partial charge in [-0.3, -0.25) is 14.5 Å². The monoisotopic (exact) mass is 267 g/mol. The van der Waals surface area contributed by atoms with E-state index < -0.39 is 0 Å². The van der Waals surface area contributed by atoms with E-state index in [1.54, 1.807) is 0 Å². The molecule has 3 heteroatoms. The summed E-state index contributed by atoms with van der Waals surface area (Å²) in [6, 6.07) is 9.63. The first-order chi connectivity index (χ1) is 9.68. The molecule has 1 aliphatic heterocycles. The molecule has 3 nitrogen and oxygen atoms in total. The number of nitrogens with zero attached hydrogens (tertiary/aromatic N) is 1. The SMILES string of the molecule is C[C@H](c1ccccc1)N1C(=O)[C@H]2[C@H](C1=O)[C@H]1C=C[C@H]2C1. The number of imide groups is 1. The largest absolute Gasteiger partial charge is 0.275 e. The molecule has 2 aliphatic carbocycles. The highest BCUT2D eigenvalue weighted by Crippen LogP contribution is 2.53. The molecule has 5 atom stereocenters. The van der Waals surface area contributed by atoms with Crippen molar-refractivity contribution in [3.63, 3.8) is 0 Å². The van der Waals surface area contributed by atoms with Crippen LogP contribution in [0.1, 0.15) is 24.9 Å². The van der Waals surface area contributed by atoms with Crippen LogP contribution in [0.15, 0.2) is 42.5 Å². The Balaban J connectivity index is 1.68. The maximum atomic E-state index is 12.7. The molecule has 0 unspecified atom stereocenters. The smallest absolute Gasteiger partial charge is 0.234 e. The molecule has 1 saturated carbocycles. The molecule has 1 saturated heterocycles. The van der Waals surface area contributed by atoms with Crippen LogP contribution in [0.2, 0.25) is 0 Å². The molecule has 102 valence electrons. The normalized spacial score (nSPS) is 35.8. The number of amides is 2. The van der Waals surface area contributed by atoms with Crippen LogP contribution < -0.4 is 0 Å². The van der Waals surface area contributed by atoms with Gasteiger partial charge in [0, 0.05) is 0 Å². The number of rotatable bonds is 2. The van der Waals surface area contributed by atoms with E-state index in [1.807, 2.05) is 37.3 Å². The third-order valence-corrected chi connectivity index (χ3v) is 5.17. The predicted octanol–water partition coefficient (Wildman–Crippen LogP) is 2.55. The fourth-order valence-corrected chi connectivity index (χ4v) is 4.19. The van der Waals surface area contributed by atoms with Crippen LogP contribution in [0.4, 0.5) is 0 Å². The van der Waals surface area contributed by atoms with Gasteiger partial charge in [-0.25, -0.2) is 0 Å². The lowest BCUT2D eigenvalue weighted by Crippen LogP contribution is -2.35. The molecule has 0 aromatic heterocycles. The molecule has 20 heavy (non-hydrogen) atoms. The quantitative estimate of drug-likeness (QED) is 0.610. The van der Waals surface area contributed by atoms with Gasteiger partial charge in [-0.2, -0.15) is 0 Å². The molecule has 2 bridgehead atoms. The summed E-state index contributed by atoms with van der Waals surface area (Å²) in [5.41, 5.74) is 1.02. The number of likely N-dealkylation sites (tertiary alicyclic amines) is 1. The van der Waals surface area contributed by atoms with Gasteiger partial charge in [0.2, 0.25) is 11.8 Å². The van der Waals surface area contributed by atoms with Gasteiger partial charge < -0.3 is 0 Å². The first-order valence-electron chi connectivity index (χ1n) is 7.28. The minimum absolute atomic E-state index is 0.0354. The van der Waals surface area contributed by atoms with Gasteiger partial charge in [-0.1, -0.05) is 42.5 Å². The molecule has 4 rings (SSSR count). The summed E-state index contributed by atoms with van der Waals surface area (Å²) in [5.74, 6) is 0.456. The summed E-state index contributed by atoms with van der Waals surface area (Å²) >= 11 is 0. The number of hydrogen-bond acceptors (Lipinski definition) is 2. The molecule has 0 radical (unpaired) electrons. The molecule has 1 aromatic carbocycles. The molecular weight excluding hydrogens is 250 g/mol. The molecular formula is C17H17NO2. The van der Waals surface area contributed by atoms with E-state index in [0.717, 1.165) is 12.0 Å². The van der Waals surface area contributed by atoms with Crippen molar-refractivity contribution in [2.24, 2.45) is 23.7 Å². The molecule has 3 aliphatic rings. The first-order valence-corrected chi connectivity index (χ1v) is 7.28. The Kier molecular flexibility index (Phi) is 2.40. The Bertz CT molecular complexity index is 577. The average molecular weight is 267 g/mol. The summed E-state index contributed by atoms with van der Waals surface area (Å²) < 4.78 is 0. The third-order valence-electron chi connectivity index (χ3n) is 5.17.